The Morgan fingerprint density at radius 3 is 2.68 bits per heavy atom. The molecular weight excluding hydrogens is 450 g/mol. The van der Waals surface area contributed by atoms with Crippen LogP contribution in [0.4, 0.5) is 11.6 Å². The second-order valence-electron chi connectivity index (χ2n) is 7.24. The topological polar surface area (TPSA) is 119 Å². The SMILES string of the molecule is Cc1cccc(NC(=O)CSc2nnc(N/N=C/c3cccc(Oc4ccccc4)c3)n2N)c1. The summed E-state index contributed by atoms with van der Waals surface area (Å²) in [6.07, 6.45) is 1.62. The minimum atomic E-state index is -0.163. The Kier molecular flexibility index (Phi) is 7.41. The number of anilines is 2. The van der Waals surface area contributed by atoms with E-state index in [0.717, 1.165) is 22.6 Å². The number of benzene rings is 3. The van der Waals surface area contributed by atoms with E-state index in [1.54, 1.807) is 6.21 Å². The smallest absolute Gasteiger partial charge is 0.264 e. The Bertz CT molecular complexity index is 1290. The number of aromatic nitrogens is 3. The number of hydrogen-bond donors (Lipinski definition) is 3. The molecule has 0 unspecified atom stereocenters. The largest absolute Gasteiger partial charge is 0.457 e. The van der Waals surface area contributed by atoms with E-state index in [1.807, 2.05) is 85.8 Å². The number of thioether (sulfide) groups is 1. The monoisotopic (exact) mass is 473 g/mol. The van der Waals surface area contributed by atoms with Crippen LogP contribution >= 0.6 is 11.8 Å². The summed E-state index contributed by atoms with van der Waals surface area (Å²) in [5.74, 6) is 7.70. The molecule has 34 heavy (non-hydrogen) atoms. The van der Waals surface area contributed by atoms with Crippen LogP contribution in [0.25, 0.3) is 0 Å². The molecule has 0 spiro atoms. The first kappa shape index (κ1) is 22.9. The van der Waals surface area contributed by atoms with Crippen LogP contribution in [0, 0.1) is 6.92 Å². The van der Waals surface area contributed by atoms with E-state index < -0.39 is 0 Å². The number of amides is 1. The van der Waals surface area contributed by atoms with E-state index >= 15 is 0 Å². The third-order valence-corrected chi connectivity index (χ3v) is 5.46. The zero-order valence-corrected chi connectivity index (χ0v) is 19.2. The number of carbonyl (C=O) groups excluding carboxylic acids is 1. The van der Waals surface area contributed by atoms with Crippen molar-refractivity contribution in [2.75, 3.05) is 22.3 Å². The number of nitrogens with two attached hydrogens (primary N) is 1. The van der Waals surface area contributed by atoms with E-state index in [-0.39, 0.29) is 17.6 Å². The van der Waals surface area contributed by atoms with Gasteiger partial charge in [0.25, 0.3) is 5.95 Å². The molecule has 9 nitrogen and oxygen atoms in total. The summed E-state index contributed by atoms with van der Waals surface area (Å²) in [7, 11) is 0. The number of aryl methyl sites for hydroxylation is 1. The molecule has 1 amide bonds. The number of hydrazone groups is 1. The Morgan fingerprint density at radius 1 is 1.06 bits per heavy atom. The van der Waals surface area contributed by atoms with Gasteiger partial charge in [-0.2, -0.15) is 5.10 Å². The van der Waals surface area contributed by atoms with Crippen LogP contribution in [0.15, 0.2) is 89.1 Å². The van der Waals surface area contributed by atoms with Gasteiger partial charge in [-0.25, -0.2) is 10.1 Å². The maximum atomic E-state index is 12.2. The summed E-state index contributed by atoms with van der Waals surface area (Å²) >= 11 is 1.18. The van der Waals surface area contributed by atoms with Crippen LogP contribution in [0.2, 0.25) is 0 Å². The molecule has 0 fully saturated rings. The van der Waals surface area contributed by atoms with Crippen LogP contribution in [0.3, 0.4) is 0 Å². The Hall–Kier alpha value is -4.31. The number of nitrogens with one attached hydrogen (secondary N) is 2. The fourth-order valence-electron chi connectivity index (χ4n) is 2.95. The van der Waals surface area contributed by atoms with Crippen molar-refractivity contribution in [2.45, 2.75) is 12.1 Å². The molecule has 0 radical (unpaired) electrons. The summed E-state index contributed by atoms with van der Waals surface area (Å²) in [5.41, 5.74) is 5.40. The van der Waals surface area contributed by atoms with Gasteiger partial charge in [-0.1, -0.05) is 54.2 Å². The van der Waals surface area contributed by atoms with Gasteiger partial charge in [0.15, 0.2) is 0 Å². The molecule has 0 aliphatic heterocycles. The second-order valence-corrected chi connectivity index (χ2v) is 8.18. The van der Waals surface area contributed by atoms with Crippen molar-refractivity contribution in [1.82, 2.24) is 14.9 Å². The molecule has 4 N–H and O–H groups in total. The minimum Gasteiger partial charge on any atom is -0.457 e. The second kappa shape index (κ2) is 11.0. The Morgan fingerprint density at radius 2 is 1.85 bits per heavy atom. The van der Waals surface area contributed by atoms with Crippen molar-refractivity contribution in [1.29, 1.82) is 0 Å². The summed E-state index contributed by atoms with van der Waals surface area (Å²) in [4.78, 5) is 12.2. The van der Waals surface area contributed by atoms with Crippen LogP contribution in [0.5, 0.6) is 11.5 Å². The average molecular weight is 474 g/mol. The minimum absolute atomic E-state index is 0.140. The Balaban J connectivity index is 1.30. The number of ether oxygens (including phenoxy) is 1. The van der Waals surface area contributed by atoms with Crippen molar-refractivity contribution < 1.29 is 9.53 Å². The fourth-order valence-corrected chi connectivity index (χ4v) is 3.61. The quantitative estimate of drug-likeness (QED) is 0.144. The summed E-state index contributed by atoms with van der Waals surface area (Å²) < 4.78 is 7.08. The normalized spacial score (nSPS) is 10.9. The van der Waals surface area contributed by atoms with Gasteiger partial charge >= 0.3 is 0 Å². The molecule has 3 aromatic carbocycles. The van der Waals surface area contributed by atoms with Crippen LogP contribution in [-0.4, -0.2) is 32.7 Å². The van der Waals surface area contributed by atoms with Crippen LogP contribution in [0.1, 0.15) is 11.1 Å². The number of rotatable bonds is 9. The molecule has 0 aliphatic carbocycles. The van der Waals surface area contributed by atoms with E-state index in [9.17, 15) is 4.79 Å². The lowest BCUT2D eigenvalue weighted by Gasteiger charge is -2.06. The predicted molar refractivity (Wildman–Crippen MR) is 135 cm³/mol. The number of nitrogens with zero attached hydrogens (tertiary/aromatic N) is 4. The van der Waals surface area contributed by atoms with Gasteiger partial charge in [0.05, 0.1) is 12.0 Å². The van der Waals surface area contributed by atoms with Gasteiger partial charge in [0, 0.05) is 5.69 Å². The summed E-state index contributed by atoms with van der Waals surface area (Å²) in [6.45, 7) is 1.97. The highest BCUT2D eigenvalue weighted by molar-refractivity contribution is 7.99. The van der Waals surface area contributed by atoms with E-state index in [4.69, 9.17) is 10.6 Å². The van der Waals surface area contributed by atoms with Crippen LogP contribution in [-0.2, 0) is 4.79 Å². The number of nitrogen functional groups attached to an aromatic ring is 1. The van der Waals surface area contributed by atoms with E-state index in [1.165, 1.54) is 16.4 Å². The molecular formula is C24H23N7O2S. The first-order valence-corrected chi connectivity index (χ1v) is 11.4. The fraction of sp³-hybridized carbons (Fsp3) is 0.0833. The molecule has 0 saturated heterocycles. The van der Waals surface area contributed by atoms with Gasteiger partial charge in [-0.3, -0.25) is 4.79 Å². The molecule has 0 aliphatic rings. The van der Waals surface area contributed by atoms with Gasteiger partial charge in [-0.05, 0) is 54.4 Å². The van der Waals surface area contributed by atoms with E-state index in [2.05, 4.69) is 26.0 Å². The molecule has 172 valence electrons. The lowest BCUT2D eigenvalue weighted by molar-refractivity contribution is -0.113. The lowest BCUT2D eigenvalue weighted by Crippen LogP contribution is -2.16. The maximum absolute atomic E-state index is 12.2. The van der Waals surface area contributed by atoms with Crippen molar-refractivity contribution in [3.63, 3.8) is 0 Å². The van der Waals surface area contributed by atoms with Crippen LogP contribution < -0.4 is 21.3 Å². The van der Waals surface area contributed by atoms with Crippen molar-refractivity contribution >= 4 is 35.5 Å². The van der Waals surface area contributed by atoms with Gasteiger partial charge in [-0.15, -0.1) is 10.2 Å². The standard InChI is InChI=1S/C24H23N7O2S/c1-17-7-5-9-19(13-17)27-22(32)16-34-24-30-29-23(31(24)25)28-26-15-18-8-6-12-21(14-18)33-20-10-3-2-4-11-20/h2-15H,16,25H2,1H3,(H,27,32)(H,28,29)/b26-15+. The zero-order valence-electron chi connectivity index (χ0n) is 18.4. The molecule has 1 heterocycles. The maximum Gasteiger partial charge on any atom is 0.264 e. The van der Waals surface area contributed by atoms with Gasteiger partial charge < -0.3 is 15.9 Å². The molecule has 4 aromatic rings. The number of hydrogen-bond acceptors (Lipinski definition) is 8. The average Bonchev–Trinajstić information content (AvgIpc) is 3.18. The van der Waals surface area contributed by atoms with Crippen molar-refractivity contribution in [3.05, 3.63) is 90.0 Å². The van der Waals surface area contributed by atoms with E-state index in [0.29, 0.717) is 10.9 Å². The highest BCUT2D eigenvalue weighted by Gasteiger charge is 2.12. The molecule has 0 saturated carbocycles. The number of carbonyl (C=O) groups is 1. The molecule has 10 heteroatoms. The highest BCUT2D eigenvalue weighted by atomic mass is 32.2. The third kappa shape index (κ3) is 6.36. The third-order valence-electron chi connectivity index (χ3n) is 4.51. The molecule has 0 atom stereocenters. The van der Waals surface area contributed by atoms with Crippen molar-refractivity contribution in [3.8, 4) is 11.5 Å². The predicted octanol–water partition coefficient (Wildman–Crippen LogP) is 4.27. The first-order chi connectivity index (χ1) is 16.6. The highest BCUT2D eigenvalue weighted by Crippen LogP contribution is 2.21. The zero-order chi connectivity index (χ0) is 23.8. The lowest BCUT2D eigenvalue weighted by atomic mass is 10.2. The molecule has 0 bridgehead atoms. The first-order valence-electron chi connectivity index (χ1n) is 10.4. The summed E-state index contributed by atoms with van der Waals surface area (Å²) in [5, 5.41) is 15.4. The summed E-state index contributed by atoms with van der Waals surface area (Å²) in [6, 6.07) is 24.6. The van der Waals surface area contributed by atoms with Gasteiger partial charge in [0.1, 0.15) is 11.5 Å². The number of para-hydroxylation sites is 1. The van der Waals surface area contributed by atoms with Crippen molar-refractivity contribution in [2.24, 2.45) is 5.10 Å². The van der Waals surface area contributed by atoms with Gasteiger partial charge in [0.2, 0.25) is 11.1 Å². The Labute approximate surface area is 201 Å². The molecule has 4 rings (SSSR count). The molecule has 1 aromatic heterocycles.